The third-order valence-corrected chi connectivity index (χ3v) is 4.21. The molecule has 5 nitrogen and oxygen atoms in total. The van der Waals surface area contributed by atoms with Crippen LogP contribution in [0.25, 0.3) is 11.4 Å². The number of nitrogens with zero attached hydrogens (tertiary/aromatic N) is 3. The summed E-state index contributed by atoms with van der Waals surface area (Å²) in [5.41, 5.74) is 0.770. The number of benzene rings is 1. The van der Waals surface area contributed by atoms with Gasteiger partial charge >= 0.3 is 0 Å². The third kappa shape index (κ3) is 3.26. The van der Waals surface area contributed by atoms with Crippen molar-refractivity contribution in [2.75, 3.05) is 13.2 Å². The van der Waals surface area contributed by atoms with Crippen molar-refractivity contribution in [3.05, 3.63) is 35.2 Å². The molecule has 0 aliphatic carbocycles. The first-order chi connectivity index (χ1) is 10.3. The summed E-state index contributed by atoms with van der Waals surface area (Å²) in [7, 11) is 0. The molecule has 0 amide bonds. The molecule has 0 bridgehead atoms. The highest BCUT2D eigenvalue weighted by Crippen LogP contribution is 2.25. The van der Waals surface area contributed by atoms with Crippen LogP contribution in [0.4, 0.5) is 0 Å². The summed E-state index contributed by atoms with van der Waals surface area (Å²) in [4.78, 5) is 6.62. The Morgan fingerprint density at radius 3 is 3.00 bits per heavy atom. The standard InChI is InChI=1S/C15H18ClN3O2/c16-13-7-2-1-6-12(13)15-17-14(21-18-15)9-19-8-4-3-5-11(19)10-20/h1-2,6-7,11,20H,3-5,8-10H2. The molecule has 0 saturated carbocycles. The predicted octanol–water partition coefficient (Wildman–Crippen LogP) is 2.74. The molecular formula is C15H18ClN3O2. The summed E-state index contributed by atoms with van der Waals surface area (Å²) in [6.07, 6.45) is 3.32. The average molecular weight is 308 g/mol. The number of likely N-dealkylation sites (tertiary alicyclic amines) is 1. The van der Waals surface area contributed by atoms with Crippen LogP contribution in [0, 0.1) is 0 Å². The first kappa shape index (κ1) is 14.5. The van der Waals surface area contributed by atoms with Gasteiger partial charge < -0.3 is 9.63 Å². The molecule has 1 aromatic carbocycles. The Morgan fingerprint density at radius 2 is 2.19 bits per heavy atom. The van der Waals surface area contributed by atoms with Crippen LogP contribution in [0.1, 0.15) is 25.2 Å². The zero-order chi connectivity index (χ0) is 14.7. The van der Waals surface area contributed by atoms with Gasteiger partial charge in [0.05, 0.1) is 18.2 Å². The molecule has 6 heteroatoms. The molecule has 2 heterocycles. The Bertz CT molecular complexity index is 602. The fourth-order valence-electron chi connectivity index (χ4n) is 2.72. The maximum Gasteiger partial charge on any atom is 0.241 e. The molecule has 1 aliphatic heterocycles. The highest BCUT2D eigenvalue weighted by Gasteiger charge is 2.23. The normalized spacial score (nSPS) is 19.8. The maximum absolute atomic E-state index is 9.43. The topological polar surface area (TPSA) is 62.4 Å². The van der Waals surface area contributed by atoms with Crippen molar-refractivity contribution in [2.24, 2.45) is 0 Å². The van der Waals surface area contributed by atoms with Gasteiger partial charge in [0.2, 0.25) is 11.7 Å². The summed E-state index contributed by atoms with van der Waals surface area (Å²) < 4.78 is 5.33. The summed E-state index contributed by atoms with van der Waals surface area (Å²) in [5, 5.41) is 14.0. The SMILES string of the molecule is OCC1CCCCN1Cc1nc(-c2ccccc2Cl)no1. The van der Waals surface area contributed by atoms with E-state index in [0.717, 1.165) is 31.4 Å². The largest absolute Gasteiger partial charge is 0.395 e. The van der Waals surface area contributed by atoms with E-state index < -0.39 is 0 Å². The van der Waals surface area contributed by atoms with Crippen LogP contribution >= 0.6 is 11.6 Å². The molecule has 1 unspecified atom stereocenters. The third-order valence-electron chi connectivity index (χ3n) is 3.88. The van der Waals surface area contributed by atoms with Crippen LogP contribution in [0.5, 0.6) is 0 Å². The van der Waals surface area contributed by atoms with Gasteiger partial charge in [-0.05, 0) is 31.5 Å². The van der Waals surface area contributed by atoms with E-state index in [0.29, 0.717) is 23.3 Å². The molecule has 1 aliphatic rings. The Labute approximate surface area is 128 Å². The second-order valence-corrected chi connectivity index (χ2v) is 5.70. The first-order valence-electron chi connectivity index (χ1n) is 7.20. The van der Waals surface area contributed by atoms with Crippen LogP contribution in [0.3, 0.4) is 0 Å². The molecule has 1 fully saturated rings. The van der Waals surface area contributed by atoms with Crippen molar-refractivity contribution >= 4 is 11.6 Å². The van der Waals surface area contributed by atoms with Crippen LogP contribution in [0.2, 0.25) is 5.02 Å². The minimum atomic E-state index is 0.172. The summed E-state index contributed by atoms with van der Waals surface area (Å²) in [6.45, 7) is 1.70. The van der Waals surface area contributed by atoms with Crippen LogP contribution in [-0.4, -0.2) is 39.3 Å². The van der Waals surface area contributed by atoms with Gasteiger partial charge in [-0.3, -0.25) is 4.90 Å². The number of aromatic nitrogens is 2. The smallest absolute Gasteiger partial charge is 0.241 e. The zero-order valence-electron chi connectivity index (χ0n) is 11.7. The summed E-state index contributed by atoms with van der Waals surface area (Å²) in [5.74, 6) is 1.07. The van der Waals surface area contributed by atoms with Crippen LogP contribution in [-0.2, 0) is 6.54 Å². The average Bonchev–Trinajstić information content (AvgIpc) is 2.96. The van der Waals surface area contributed by atoms with E-state index in [9.17, 15) is 5.11 Å². The minimum Gasteiger partial charge on any atom is -0.395 e. The number of hydrogen-bond donors (Lipinski definition) is 1. The van der Waals surface area contributed by atoms with Crippen molar-refractivity contribution < 1.29 is 9.63 Å². The number of aliphatic hydroxyl groups excluding tert-OH is 1. The van der Waals surface area contributed by atoms with Crippen molar-refractivity contribution in [2.45, 2.75) is 31.8 Å². The maximum atomic E-state index is 9.43. The lowest BCUT2D eigenvalue weighted by Gasteiger charge is -2.33. The van der Waals surface area contributed by atoms with E-state index in [4.69, 9.17) is 16.1 Å². The summed E-state index contributed by atoms with van der Waals surface area (Å²) >= 11 is 6.14. The highest BCUT2D eigenvalue weighted by molar-refractivity contribution is 6.33. The molecule has 1 N–H and O–H groups in total. The number of hydrogen-bond acceptors (Lipinski definition) is 5. The van der Waals surface area contributed by atoms with Gasteiger partial charge in [-0.2, -0.15) is 4.98 Å². The molecule has 1 saturated heterocycles. The fraction of sp³-hybridized carbons (Fsp3) is 0.467. The van der Waals surface area contributed by atoms with Crippen molar-refractivity contribution in [1.29, 1.82) is 0 Å². The zero-order valence-corrected chi connectivity index (χ0v) is 12.5. The molecule has 0 radical (unpaired) electrons. The minimum absolute atomic E-state index is 0.172. The quantitative estimate of drug-likeness (QED) is 0.941. The van der Waals surface area contributed by atoms with Gasteiger partial charge in [0.25, 0.3) is 0 Å². The second-order valence-electron chi connectivity index (χ2n) is 5.29. The molecule has 0 spiro atoms. The van der Waals surface area contributed by atoms with Gasteiger partial charge in [-0.15, -0.1) is 0 Å². The van der Waals surface area contributed by atoms with E-state index in [1.165, 1.54) is 0 Å². The van der Waals surface area contributed by atoms with E-state index in [1.807, 2.05) is 18.2 Å². The van der Waals surface area contributed by atoms with E-state index >= 15 is 0 Å². The monoisotopic (exact) mass is 307 g/mol. The van der Waals surface area contributed by atoms with E-state index in [2.05, 4.69) is 15.0 Å². The lowest BCUT2D eigenvalue weighted by Crippen LogP contribution is -2.41. The van der Waals surface area contributed by atoms with Gasteiger partial charge in [0, 0.05) is 11.6 Å². The molecule has 1 atom stereocenters. The van der Waals surface area contributed by atoms with Crippen LogP contribution < -0.4 is 0 Å². The number of halogens is 1. The lowest BCUT2D eigenvalue weighted by molar-refractivity contribution is 0.0749. The highest BCUT2D eigenvalue weighted by atomic mass is 35.5. The van der Waals surface area contributed by atoms with E-state index in [-0.39, 0.29) is 12.6 Å². The molecule has 21 heavy (non-hydrogen) atoms. The molecule has 112 valence electrons. The fourth-order valence-corrected chi connectivity index (χ4v) is 2.94. The van der Waals surface area contributed by atoms with Gasteiger partial charge in [0.1, 0.15) is 0 Å². The molecular weight excluding hydrogens is 290 g/mol. The Balaban J connectivity index is 1.75. The molecule has 3 rings (SSSR count). The lowest BCUT2D eigenvalue weighted by atomic mass is 10.0. The predicted molar refractivity (Wildman–Crippen MR) is 79.9 cm³/mol. The van der Waals surface area contributed by atoms with Crippen molar-refractivity contribution in [1.82, 2.24) is 15.0 Å². The second kappa shape index (κ2) is 6.56. The first-order valence-corrected chi connectivity index (χ1v) is 7.58. The molecule has 2 aromatic rings. The number of rotatable bonds is 4. The Morgan fingerprint density at radius 1 is 1.33 bits per heavy atom. The van der Waals surface area contributed by atoms with Gasteiger partial charge in [0.15, 0.2) is 0 Å². The van der Waals surface area contributed by atoms with Crippen LogP contribution in [0.15, 0.2) is 28.8 Å². The van der Waals surface area contributed by atoms with Gasteiger partial charge in [-0.25, -0.2) is 0 Å². The molecule has 1 aromatic heterocycles. The Hall–Kier alpha value is -1.43. The van der Waals surface area contributed by atoms with E-state index in [1.54, 1.807) is 6.07 Å². The number of aliphatic hydroxyl groups is 1. The van der Waals surface area contributed by atoms with Crippen molar-refractivity contribution in [3.8, 4) is 11.4 Å². The van der Waals surface area contributed by atoms with Crippen molar-refractivity contribution in [3.63, 3.8) is 0 Å². The van der Waals surface area contributed by atoms with Gasteiger partial charge in [-0.1, -0.05) is 35.3 Å². The Kier molecular flexibility index (Phi) is 4.53. The number of piperidine rings is 1. The summed E-state index contributed by atoms with van der Waals surface area (Å²) in [6, 6.07) is 7.62.